The maximum absolute atomic E-state index is 12.2. The fourth-order valence-corrected chi connectivity index (χ4v) is 3.89. The topological polar surface area (TPSA) is 66.4 Å². The molecule has 19 heavy (non-hydrogen) atoms. The molecular weight excluding hydrogens is 286 g/mol. The monoisotopic (exact) mass is 301 g/mol. The number of hydrogen-bond donors (Lipinski definition) is 2. The molecule has 104 valence electrons. The molecule has 0 heterocycles. The Morgan fingerprint density at radius 1 is 1.42 bits per heavy atom. The second kappa shape index (κ2) is 5.63. The Morgan fingerprint density at radius 2 is 2.16 bits per heavy atom. The minimum Gasteiger partial charge on any atom is -0.396 e. The van der Waals surface area contributed by atoms with Crippen molar-refractivity contribution in [2.45, 2.75) is 24.3 Å². The van der Waals surface area contributed by atoms with Gasteiger partial charge in [-0.05, 0) is 31.0 Å². The van der Waals surface area contributed by atoms with Gasteiger partial charge < -0.3 is 5.11 Å². The van der Waals surface area contributed by atoms with Gasteiger partial charge in [-0.25, -0.2) is 13.1 Å². The van der Waals surface area contributed by atoms with Crippen molar-refractivity contribution < 1.29 is 13.5 Å². The number of aryl methyl sites for hydroxylation is 1. The van der Waals surface area contributed by atoms with E-state index in [0.717, 1.165) is 5.56 Å². The highest BCUT2D eigenvalue weighted by atomic mass is 35.5. The van der Waals surface area contributed by atoms with Gasteiger partial charge in [0, 0.05) is 18.6 Å². The van der Waals surface area contributed by atoms with E-state index in [1.165, 1.54) is 6.07 Å². The maximum Gasteiger partial charge on any atom is 0.242 e. The van der Waals surface area contributed by atoms with Crippen molar-refractivity contribution in [2.24, 2.45) is 5.92 Å². The molecule has 0 fully saturated rings. The predicted molar refractivity (Wildman–Crippen MR) is 74.6 cm³/mol. The first kappa shape index (κ1) is 14.5. The van der Waals surface area contributed by atoms with Crippen molar-refractivity contribution in [2.75, 3.05) is 6.61 Å². The van der Waals surface area contributed by atoms with Gasteiger partial charge in [0.25, 0.3) is 0 Å². The fraction of sp³-hybridized carbons (Fsp3) is 0.385. The van der Waals surface area contributed by atoms with E-state index in [4.69, 9.17) is 16.7 Å². The molecule has 2 atom stereocenters. The molecule has 0 amide bonds. The van der Waals surface area contributed by atoms with Gasteiger partial charge in [-0.1, -0.05) is 29.8 Å². The zero-order chi connectivity index (χ0) is 14.0. The molecule has 2 N–H and O–H groups in total. The molecule has 1 aromatic carbocycles. The van der Waals surface area contributed by atoms with E-state index >= 15 is 0 Å². The first-order valence-corrected chi connectivity index (χ1v) is 7.86. The fourth-order valence-electron chi connectivity index (χ4n) is 2.08. The minimum absolute atomic E-state index is 0.0150. The Hall–Kier alpha value is -0.880. The van der Waals surface area contributed by atoms with Crippen LogP contribution >= 0.6 is 11.6 Å². The molecule has 0 unspecified atom stereocenters. The zero-order valence-electron chi connectivity index (χ0n) is 10.5. The van der Waals surface area contributed by atoms with Crippen molar-refractivity contribution in [3.05, 3.63) is 40.9 Å². The van der Waals surface area contributed by atoms with Crippen LogP contribution in [0.25, 0.3) is 0 Å². The number of hydrogen-bond acceptors (Lipinski definition) is 3. The van der Waals surface area contributed by atoms with E-state index in [9.17, 15) is 8.42 Å². The van der Waals surface area contributed by atoms with E-state index in [0.29, 0.717) is 6.42 Å². The highest BCUT2D eigenvalue weighted by Crippen LogP contribution is 2.24. The van der Waals surface area contributed by atoms with Crippen LogP contribution in [0, 0.1) is 12.8 Å². The lowest BCUT2D eigenvalue weighted by Crippen LogP contribution is -2.33. The number of halogens is 1. The summed E-state index contributed by atoms with van der Waals surface area (Å²) in [5.74, 6) is 0.0150. The van der Waals surface area contributed by atoms with Crippen molar-refractivity contribution in [3.8, 4) is 0 Å². The van der Waals surface area contributed by atoms with Crippen LogP contribution in [0.1, 0.15) is 12.0 Å². The van der Waals surface area contributed by atoms with Gasteiger partial charge in [-0.2, -0.15) is 0 Å². The van der Waals surface area contributed by atoms with Gasteiger partial charge in [0.1, 0.15) is 4.90 Å². The Balaban J connectivity index is 2.17. The third-order valence-corrected chi connectivity index (χ3v) is 5.06. The Bertz CT molecular complexity index is 598. The van der Waals surface area contributed by atoms with Crippen LogP contribution in [0.5, 0.6) is 0 Å². The predicted octanol–water partition coefficient (Wildman–Crippen LogP) is 1.86. The molecule has 0 saturated heterocycles. The van der Waals surface area contributed by atoms with Gasteiger partial charge in [0.15, 0.2) is 0 Å². The normalized spacial score (nSPS) is 22.9. The van der Waals surface area contributed by atoms with Gasteiger partial charge in [-0.15, -0.1) is 0 Å². The van der Waals surface area contributed by atoms with Crippen LogP contribution in [0.3, 0.4) is 0 Å². The maximum atomic E-state index is 12.2. The summed E-state index contributed by atoms with van der Waals surface area (Å²) in [6.07, 6.45) is 4.16. The zero-order valence-corrected chi connectivity index (χ0v) is 12.1. The number of sulfonamides is 1. The minimum atomic E-state index is -3.64. The van der Waals surface area contributed by atoms with Crippen molar-refractivity contribution in [1.82, 2.24) is 4.72 Å². The second-order valence-corrected chi connectivity index (χ2v) is 6.81. The molecular formula is C13H16ClNO3S. The Labute approximate surface area is 118 Å². The molecule has 0 bridgehead atoms. The van der Waals surface area contributed by atoms with E-state index in [2.05, 4.69) is 4.72 Å². The lowest BCUT2D eigenvalue weighted by molar-refractivity contribution is 0.248. The van der Waals surface area contributed by atoms with E-state index < -0.39 is 10.0 Å². The summed E-state index contributed by atoms with van der Waals surface area (Å²) in [7, 11) is -3.64. The van der Waals surface area contributed by atoms with Crippen LogP contribution in [-0.2, 0) is 10.0 Å². The van der Waals surface area contributed by atoms with Gasteiger partial charge in [0.2, 0.25) is 10.0 Å². The van der Waals surface area contributed by atoms with Crippen molar-refractivity contribution in [1.29, 1.82) is 0 Å². The van der Waals surface area contributed by atoms with E-state index in [1.807, 2.05) is 13.0 Å². The standard InChI is InChI=1S/C13H16ClNO3S/c1-9-2-5-13(12(14)6-9)19(17,18)15-11-4-3-10(7-11)8-16/h2-6,10-11,15-16H,7-8H2,1H3/t10-,11+/m0/s1. The number of aliphatic hydroxyl groups is 1. The largest absolute Gasteiger partial charge is 0.396 e. The van der Waals surface area contributed by atoms with Crippen molar-refractivity contribution in [3.63, 3.8) is 0 Å². The Morgan fingerprint density at radius 3 is 2.74 bits per heavy atom. The molecule has 0 spiro atoms. The third kappa shape index (κ3) is 3.36. The summed E-state index contributed by atoms with van der Waals surface area (Å²) in [6, 6.07) is 4.54. The van der Waals surface area contributed by atoms with Gasteiger partial charge in [-0.3, -0.25) is 0 Å². The number of aliphatic hydroxyl groups excluding tert-OH is 1. The lowest BCUT2D eigenvalue weighted by atomic mass is 10.1. The van der Waals surface area contributed by atoms with E-state index in [-0.39, 0.29) is 28.5 Å². The molecule has 2 rings (SSSR count). The van der Waals surface area contributed by atoms with Gasteiger partial charge in [0.05, 0.1) is 5.02 Å². The highest BCUT2D eigenvalue weighted by Gasteiger charge is 2.25. The molecule has 6 heteroatoms. The summed E-state index contributed by atoms with van der Waals surface area (Å²) < 4.78 is 27.0. The summed E-state index contributed by atoms with van der Waals surface area (Å²) in [5, 5.41) is 9.24. The molecule has 1 aliphatic rings. The molecule has 0 radical (unpaired) electrons. The van der Waals surface area contributed by atoms with E-state index in [1.54, 1.807) is 18.2 Å². The number of nitrogens with one attached hydrogen (secondary N) is 1. The lowest BCUT2D eigenvalue weighted by Gasteiger charge is -2.14. The number of benzene rings is 1. The SMILES string of the molecule is Cc1ccc(S(=O)(=O)N[C@@H]2C=C[C@H](CO)C2)c(Cl)c1. The summed E-state index contributed by atoms with van der Waals surface area (Å²) >= 11 is 5.98. The van der Waals surface area contributed by atoms with Crippen LogP contribution in [0.15, 0.2) is 35.2 Å². The number of rotatable bonds is 4. The highest BCUT2D eigenvalue weighted by molar-refractivity contribution is 7.89. The van der Waals surface area contributed by atoms with Crippen LogP contribution in [0.2, 0.25) is 5.02 Å². The molecule has 0 aromatic heterocycles. The summed E-state index contributed by atoms with van der Waals surface area (Å²) in [5.41, 5.74) is 0.907. The molecule has 0 saturated carbocycles. The molecule has 1 aliphatic carbocycles. The first-order chi connectivity index (χ1) is 8.92. The molecule has 1 aromatic rings. The average Bonchev–Trinajstić information content (AvgIpc) is 2.75. The summed E-state index contributed by atoms with van der Waals surface area (Å²) in [4.78, 5) is 0.0839. The third-order valence-electron chi connectivity index (χ3n) is 3.09. The quantitative estimate of drug-likeness (QED) is 0.834. The Kier molecular flexibility index (Phi) is 4.30. The molecule has 0 aliphatic heterocycles. The van der Waals surface area contributed by atoms with Crippen LogP contribution in [-0.4, -0.2) is 26.2 Å². The molecule has 4 nitrogen and oxygen atoms in total. The van der Waals surface area contributed by atoms with Crippen molar-refractivity contribution >= 4 is 21.6 Å². The summed E-state index contributed by atoms with van der Waals surface area (Å²) in [6.45, 7) is 1.88. The first-order valence-electron chi connectivity index (χ1n) is 6.00. The van der Waals surface area contributed by atoms with Crippen LogP contribution in [0.4, 0.5) is 0 Å². The smallest absolute Gasteiger partial charge is 0.242 e. The van der Waals surface area contributed by atoms with Gasteiger partial charge >= 0.3 is 0 Å². The average molecular weight is 302 g/mol. The second-order valence-electron chi connectivity index (χ2n) is 4.72. The van der Waals surface area contributed by atoms with Crippen LogP contribution < -0.4 is 4.72 Å².